The van der Waals surface area contributed by atoms with E-state index in [4.69, 9.17) is 9.47 Å². The molecule has 0 saturated carbocycles. The van der Waals surface area contributed by atoms with Gasteiger partial charge in [0.15, 0.2) is 0 Å². The Hall–Kier alpha value is -6.54. The number of allylic oxidation sites excluding steroid dienone is 2. The number of carbonyl (C=O) groups is 4. The van der Waals surface area contributed by atoms with E-state index in [1.54, 1.807) is 85.8 Å². The molecule has 8 nitrogen and oxygen atoms in total. The minimum atomic E-state index is -0.636. The summed E-state index contributed by atoms with van der Waals surface area (Å²) in [5.41, 5.74) is 2.93. The van der Waals surface area contributed by atoms with E-state index in [0.717, 1.165) is 20.9 Å². The van der Waals surface area contributed by atoms with Crippen molar-refractivity contribution in [3.8, 4) is 23.0 Å². The Morgan fingerprint density at radius 1 is 0.531 bits per heavy atom. The van der Waals surface area contributed by atoms with Crippen LogP contribution < -0.4 is 19.3 Å². The Bertz CT molecular complexity index is 2240. The van der Waals surface area contributed by atoms with Gasteiger partial charge in [-0.1, -0.05) is 72.8 Å². The van der Waals surface area contributed by atoms with Gasteiger partial charge < -0.3 is 9.47 Å². The number of ether oxygens (including phenoxy) is 2. The van der Waals surface area contributed by atoms with Crippen molar-refractivity contribution in [2.45, 2.75) is 19.8 Å². The van der Waals surface area contributed by atoms with Crippen LogP contribution in [0.1, 0.15) is 58.1 Å². The van der Waals surface area contributed by atoms with E-state index in [2.05, 4.69) is 13.2 Å². The molecule has 4 amide bonds. The zero-order valence-corrected chi connectivity index (χ0v) is 26.6. The number of hydrogen-bond acceptors (Lipinski definition) is 6. The van der Waals surface area contributed by atoms with Gasteiger partial charge in [-0.15, -0.1) is 13.2 Å². The van der Waals surface area contributed by atoms with Crippen LogP contribution in [0.25, 0.3) is 0 Å². The summed E-state index contributed by atoms with van der Waals surface area (Å²) in [4.78, 5) is 58.6. The average Bonchev–Trinajstić information content (AvgIpc) is 3.51. The fraction of sp³-hybridized carbons (Fsp3) is 0.0732. The Labute approximate surface area is 283 Å². The summed E-state index contributed by atoms with van der Waals surface area (Å²) in [7, 11) is 0. The second-order valence-electron chi connectivity index (χ2n) is 11.6. The van der Waals surface area contributed by atoms with Gasteiger partial charge in [-0.05, 0) is 78.9 Å². The molecule has 0 N–H and O–H groups in total. The Morgan fingerprint density at radius 2 is 0.980 bits per heavy atom. The number of hydrogen-bond donors (Lipinski definition) is 0. The Balaban J connectivity index is 1.27. The van der Waals surface area contributed by atoms with E-state index in [-0.39, 0.29) is 45.1 Å². The number of benzene rings is 5. The summed E-state index contributed by atoms with van der Waals surface area (Å²) in [6, 6.07) is 29.4. The first-order chi connectivity index (χ1) is 23.8. The molecule has 0 aliphatic carbocycles. The monoisotopic (exact) mass is 646 g/mol. The minimum Gasteiger partial charge on any atom is -0.456 e. The van der Waals surface area contributed by atoms with Crippen LogP contribution in [0.2, 0.25) is 0 Å². The zero-order valence-electron chi connectivity index (χ0n) is 26.6. The van der Waals surface area contributed by atoms with Crippen molar-refractivity contribution in [2.24, 2.45) is 0 Å². The molecule has 0 unspecified atom stereocenters. The van der Waals surface area contributed by atoms with Gasteiger partial charge in [-0.3, -0.25) is 19.2 Å². The maximum absolute atomic E-state index is 14.3. The normalized spacial score (nSPS) is 13.4. The molecule has 7 rings (SSSR count). The van der Waals surface area contributed by atoms with Crippen LogP contribution in [-0.2, 0) is 12.8 Å². The van der Waals surface area contributed by atoms with Crippen LogP contribution >= 0.6 is 0 Å². The van der Waals surface area contributed by atoms with Gasteiger partial charge in [0.1, 0.15) is 23.0 Å². The van der Waals surface area contributed by atoms with Gasteiger partial charge in [0.25, 0.3) is 23.6 Å². The van der Waals surface area contributed by atoms with Gasteiger partial charge in [0.05, 0.1) is 33.6 Å². The van der Waals surface area contributed by atoms with Gasteiger partial charge in [0, 0.05) is 0 Å². The Morgan fingerprint density at radius 3 is 1.51 bits per heavy atom. The van der Waals surface area contributed by atoms with Crippen molar-refractivity contribution in [1.29, 1.82) is 0 Å². The summed E-state index contributed by atoms with van der Waals surface area (Å²) < 4.78 is 12.5. The molecular formula is C41H30N2O6. The van der Waals surface area contributed by atoms with E-state index in [0.29, 0.717) is 29.9 Å². The summed E-state index contributed by atoms with van der Waals surface area (Å²) in [6.07, 6.45) is 4.60. The number of carbonyl (C=O) groups excluding carboxylic acids is 4. The molecule has 240 valence electrons. The lowest BCUT2D eigenvalue weighted by molar-refractivity contribution is 0.0903. The number of anilines is 2. The van der Waals surface area contributed by atoms with Crippen LogP contribution in [0, 0.1) is 6.92 Å². The first-order valence-corrected chi connectivity index (χ1v) is 15.7. The number of imide groups is 2. The van der Waals surface area contributed by atoms with Crippen LogP contribution in [0.5, 0.6) is 23.0 Å². The third-order valence-corrected chi connectivity index (χ3v) is 8.55. The highest BCUT2D eigenvalue weighted by atomic mass is 16.5. The predicted molar refractivity (Wildman–Crippen MR) is 187 cm³/mol. The van der Waals surface area contributed by atoms with Crippen molar-refractivity contribution in [1.82, 2.24) is 0 Å². The molecule has 2 aliphatic rings. The number of amides is 4. The zero-order chi connectivity index (χ0) is 34.2. The quantitative estimate of drug-likeness (QED) is 0.111. The molecule has 0 atom stereocenters. The first kappa shape index (κ1) is 31.1. The largest absolute Gasteiger partial charge is 0.456 e. The first-order valence-electron chi connectivity index (χ1n) is 15.7. The fourth-order valence-corrected chi connectivity index (χ4v) is 6.31. The van der Waals surface area contributed by atoms with E-state index < -0.39 is 23.6 Å². The molecule has 8 heteroatoms. The highest BCUT2D eigenvalue weighted by Crippen LogP contribution is 2.45. The third-order valence-electron chi connectivity index (χ3n) is 8.55. The molecule has 49 heavy (non-hydrogen) atoms. The van der Waals surface area contributed by atoms with Crippen LogP contribution in [0.15, 0.2) is 128 Å². The van der Waals surface area contributed by atoms with Crippen molar-refractivity contribution >= 4 is 35.0 Å². The molecule has 0 bridgehead atoms. The molecule has 0 radical (unpaired) electrons. The fourth-order valence-electron chi connectivity index (χ4n) is 6.31. The third kappa shape index (κ3) is 5.20. The van der Waals surface area contributed by atoms with Crippen LogP contribution in [0.4, 0.5) is 11.4 Å². The van der Waals surface area contributed by atoms with E-state index in [9.17, 15) is 19.2 Å². The molecule has 2 heterocycles. The van der Waals surface area contributed by atoms with Crippen LogP contribution in [0.3, 0.4) is 0 Å². The standard InChI is InChI=1S/C41H30N2O6/c1-4-13-26-16-6-8-21-31(26)48-33-23-11-18-28-35(33)40(46)42(38(28)44)30-20-10-15-25(3)37(30)43-39(45)29-19-12-24-34(36(29)41(43)47)49-32-22-9-7-17-27(32)14-5-2/h4-12,15-24H,1-2,13-14H2,3H3. The predicted octanol–water partition coefficient (Wildman–Crippen LogP) is 8.64. The number of aryl methyl sites for hydroxylation is 1. The summed E-state index contributed by atoms with van der Waals surface area (Å²) >= 11 is 0. The topological polar surface area (TPSA) is 93.2 Å². The molecule has 0 fully saturated rings. The average molecular weight is 647 g/mol. The lowest BCUT2D eigenvalue weighted by atomic mass is 10.1. The van der Waals surface area contributed by atoms with E-state index in [1.807, 2.05) is 36.4 Å². The second kappa shape index (κ2) is 12.6. The van der Waals surface area contributed by atoms with Gasteiger partial charge in [0.2, 0.25) is 0 Å². The summed E-state index contributed by atoms with van der Waals surface area (Å²) in [5.74, 6) is -0.984. The molecular weight excluding hydrogens is 616 g/mol. The smallest absolute Gasteiger partial charge is 0.270 e. The van der Waals surface area contributed by atoms with E-state index in [1.165, 1.54) is 0 Å². The maximum atomic E-state index is 14.3. The molecule has 0 spiro atoms. The SMILES string of the molecule is C=CCc1ccccc1Oc1cccc2c1C(=O)N(c1cccc(C)c1N1C(=O)c3cccc(Oc4ccccc4CC=C)c3C1=O)C2=O. The second-order valence-corrected chi connectivity index (χ2v) is 11.6. The number of nitrogens with zero attached hydrogens (tertiary/aromatic N) is 2. The molecule has 5 aromatic carbocycles. The van der Waals surface area contributed by atoms with Gasteiger partial charge in [-0.2, -0.15) is 0 Å². The van der Waals surface area contributed by atoms with Gasteiger partial charge >= 0.3 is 0 Å². The number of rotatable bonds is 10. The minimum absolute atomic E-state index is 0.0876. The maximum Gasteiger partial charge on any atom is 0.270 e. The Kier molecular flexibility index (Phi) is 7.98. The van der Waals surface area contributed by atoms with Crippen molar-refractivity contribution in [2.75, 3.05) is 9.80 Å². The number of fused-ring (bicyclic) bond motifs is 2. The van der Waals surface area contributed by atoms with Crippen molar-refractivity contribution in [3.63, 3.8) is 0 Å². The highest BCUT2D eigenvalue weighted by Gasteiger charge is 2.45. The highest BCUT2D eigenvalue weighted by molar-refractivity contribution is 6.40. The molecule has 0 aromatic heterocycles. The van der Waals surface area contributed by atoms with Crippen molar-refractivity contribution in [3.05, 3.63) is 167 Å². The number of para-hydroxylation sites is 3. The van der Waals surface area contributed by atoms with Crippen molar-refractivity contribution < 1.29 is 28.7 Å². The lowest BCUT2D eigenvalue weighted by Gasteiger charge is -2.24. The summed E-state index contributed by atoms with van der Waals surface area (Å²) in [5, 5.41) is 0. The lowest BCUT2D eigenvalue weighted by Crippen LogP contribution is -2.35. The molecule has 0 saturated heterocycles. The van der Waals surface area contributed by atoms with Gasteiger partial charge in [-0.25, -0.2) is 9.80 Å². The summed E-state index contributed by atoms with van der Waals surface area (Å²) in [6.45, 7) is 9.34. The molecule has 5 aromatic rings. The van der Waals surface area contributed by atoms with Crippen LogP contribution in [-0.4, -0.2) is 23.6 Å². The van der Waals surface area contributed by atoms with E-state index >= 15 is 0 Å². The molecule has 2 aliphatic heterocycles.